The Hall–Kier alpha value is -2.89. The lowest BCUT2D eigenvalue weighted by Crippen LogP contribution is -2.38. The quantitative estimate of drug-likeness (QED) is 0.387. The van der Waals surface area contributed by atoms with Crippen LogP contribution in [-0.4, -0.2) is 11.9 Å². The van der Waals surface area contributed by atoms with Crippen LogP contribution < -0.4 is 5.32 Å². The van der Waals surface area contributed by atoms with Crippen LogP contribution in [0.5, 0.6) is 0 Å². The number of carbonyl (C=O) groups excluding carboxylic acids is 2. The first-order chi connectivity index (χ1) is 15.9. The molecule has 1 fully saturated rings. The van der Waals surface area contributed by atoms with Gasteiger partial charge in [0, 0.05) is 21.3 Å². The number of amides is 1. The second-order valence-electron chi connectivity index (χ2n) is 8.14. The Morgan fingerprint density at radius 2 is 1.52 bits per heavy atom. The molecule has 4 nitrogen and oxygen atoms in total. The Bertz CT molecular complexity index is 1130. The molecule has 1 amide bonds. The maximum atomic E-state index is 13.6. The summed E-state index contributed by atoms with van der Waals surface area (Å²) < 4.78 is 19.4. The minimum absolute atomic E-state index is 0.368. The Balaban J connectivity index is 1.64. The zero-order valence-corrected chi connectivity index (χ0v) is 19.2. The van der Waals surface area contributed by atoms with Crippen molar-refractivity contribution in [1.29, 1.82) is 0 Å². The Morgan fingerprint density at radius 1 is 0.909 bits per heavy atom. The molecule has 0 radical (unpaired) electrons. The molecule has 1 N–H and O–H groups in total. The second-order valence-corrected chi connectivity index (χ2v) is 9.01. The maximum absolute atomic E-state index is 13.6. The highest BCUT2D eigenvalue weighted by Crippen LogP contribution is 2.43. The lowest BCUT2D eigenvalue weighted by atomic mass is 9.79. The first-order valence-corrected chi connectivity index (χ1v) is 11.4. The van der Waals surface area contributed by atoms with Gasteiger partial charge in [0.1, 0.15) is 5.82 Å². The highest BCUT2D eigenvalue weighted by Gasteiger charge is 2.45. The fraction of sp³-hybridized carbons (Fsp3) is 0.231. The van der Waals surface area contributed by atoms with E-state index in [2.05, 4.69) is 5.32 Å². The van der Waals surface area contributed by atoms with Gasteiger partial charge < -0.3 is 10.1 Å². The van der Waals surface area contributed by atoms with E-state index < -0.39 is 23.4 Å². The first kappa shape index (κ1) is 23.3. The van der Waals surface area contributed by atoms with Crippen molar-refractivity contribution in [2.45, 2.75) is 37.2 Å². The minimum Gasteiger partial charge on any atom is -0.447 e. The van der Waals surface area contributed by atoms with Gasteiger partial charge in [0.05, 0.1) is 5.41 Å². The molecule has 0 spiro atoms. The number of rotatable bonds is 6. The molecule has 1 aliphatic rings. The monoisotopic (exact) mass is 485 g/mol. The highest BCUT2D eigenvalue weighted by molar-refractivity contribution is 6.35. The predicted octanol–water partition coefficient (Wildman–Crippen LogP) is 6.87. The van der Waals surface area contributed by atoms with Crippen molar-refractivity contribution in [2.24, 2.45) is 0 Å². The number of hydrogen-bond donors (Lipinski definition) is 1. The summed E-state index contributed by atoms with van der Waals surface area (Å²) in [5, 5.41) is 3.48. The molecule has 1 saturated carbocycles. The molecular weight excluding hydrogens is 464 g/mol. The zero-order chi connectivity index (χ0) is 23.4. The van der Waals surface area contributed by atoms with Gasteiger partial charge in [0.15, 0.2) is 0 Å². The summed E-state index contributed by atoms with van der Waals surface area (Å²) in [6, 6.07) is 19.4. The average molecular weight is 486 g/mol. The SMILES string of the molecule is O=C(Nc1cc(Cl)cc(Cl)c1)C(OC(=O)C1(c2ccc(F)cc2)CCCC1)c1ccccc1. The van der Waals surface area contributed by atoms with Crippen LogP contribution >= 0.6 is 23.2 Å². The molecular formula is C26H22Cl2FNO3. The smallest absolute Gasteiger partial charge is 0.317 e. The van der Waals surface area contributed by atoms with Crippen LogP contribution in [0.25, 0.3) is 0 Å². The van der Waals surface area contributed by atoms with Crippen molar-refractivity contribution < 1.29 is 18.7 Å². The van der Waals surface area contributed by atoms with E-state index in [0.29, 0.717) is 39.7 Å². The molecule has 1 unspecified atom stereocenters. The predicted molar refractivity (Wildman–Crippen MR) is 127 cm³/mol. The molecule has 33 heavy (non-hydrogen) atoms. The summed E-state index contributed by atoms with van der Waals surface area (Å²) in [7, 11) is 0. The van der Waals surface area contributed by atoms with Gasteiger partial charge in [-0.1, -0.05) is 78.5 Å². The van der Waals surface area contributed by atoms with Crippen molar-refractivity contribution in [3.05, 3.63) is 99.8 Å². The van der Waals surface area contributed by atoms with Gasteiger partial charge in [0.25, 0.3) is 5.91 Å². The largest absolute Gasteiger partial charge is 0.447 e. The standard InChI is InChI=1S/C26H22Cl2FNO3/c27-19-14-20(28)16-22(15-19)30-24(31)23(17-6-2-1-3-7-17)33-25(32)26(12-4-5-13-26)18-8-10-21(29)11-9-18/h1-3,6-11,14-16,23H,4-5,12-13H2,(H,30,31). The van der Waals surface area contributed by atoms with E-state index in [-0.39, 0.29) is 5.82 Å². The van der Waals surface area contributed by atoms with E-state index in [9.17, 15) is 14.0 Å². The molecule has 3 aromatic rings. The van der Waals surface area contributed by atoms with Crippen LogP contribution in [0.4, 0.5) is 10.1 Å². The molecule has 0 bridgehead atoms. The summed E-state index contributed by atoms with van der Waals surface area (Å²) in [6.45, 7) is 0. The van der Waals surface area contributed by atoms with Gasteiger partial charge in [0.2, 0.25) is 6.10 Å². The average Bonchev–Trinajstić information content (AvgIpc) is 3.29. The maximum Gasteiger partial charge on any atom is 0.317 e. The number of halogens is 3. The van der Waals surface area contributed by atoms with Gasteiger partial charge in [-0.2, -0.15) is 0 Å². The fourth-order valence-corrected chi connectivity index (χ4v) is 4.84. The molecule has 0 heterocycles. The molecule has 7 heteroatoms. The van der Waals surface area contributed by atoms with Gasteiger partial charge >= 0.3 is 5.97 Å². The molecule has 1 atom stereocenters. The van der Waals surface area contributed by atoms with Gasteiger partial charge in [-0.15, -0.1) is 0 Å². The summed E-state index contributed by atoms with van der Waals surface area (Å²) in [6.07, 6.45) is 1.65. The van der Waals surface area contributed by atoms with Crippen LogP contribution in [0.1, 0.15) is 42.9 Å². The second kappa shape index (κ2) is 9.94. The number of nitrogens with one attached hydrogen (secondary N) is 1. The number of anilines is 1. The van der Waals surface area contributed by atoms with Crippen molar-refractivity contribution in [1.82, 2.24) is 0 Å². The number of benzene rings is 3. The molecule has 3 aromatic carbocycles. The summed E-state index contributed by atoms with van der Waals surface area (Å²) >= 11 is 12.1. The summed E-state index contributed by atoms with van der Waals surface area (Å²) in [5.41, 5.74) is 0.702. The Morgan fingerprint density at radius 3 is 2.12 bits per heavy atom. The van der Waals surface area contributed by atoms with Crippen molar-refractivity contribution in [3.8, 4) is 0 Å². The van der Waals surface area contributed by atoms with Crippen LogP contribution in [0.2, 0.25) is 10.0 Å². The van der Waals surface area contributed by atoms with Crippen molar-refractivity contribution in [3.63, 3.8) is 0 Å². The van der Waals surface area contributed by atoms with Crippen LogP contribution in [0.15, 0.2) is 72.8 Å². The molecule has 0 saturated heterocycles. The lowest BCUT2D eigenvalue weighted by Gasteiger charge is -2.29. The van der Waals surface area contributed by atoms with E-state index in [1.54, 1.807) is 54.6 Å². The molecule has 0 aliphatic heterocycles. The van der Waals surface area contributed by atoms with Gasteiger partial charge in [-0.25, -0.2) is 4.39 Å². The highest BCUT2D eigenvalue weighted by atomic mass is 35.5. The topological polar surface area (TPSA) is 55.4 Å². The number of hydrogen-bond acceptors (Lipinski definition) is 3. The minimum atomic E-state index is -1.19. The fourth-order valence-electron chi connectivity index (χ4n) is 4.31. The van der Waals surface area contributed by atoms with Gasteiger partial charge in [-0.05, 0) is 48.7 Å². The molecule has 1 aliphatic carbocycles. The lowest BCUT2D eigenvalue weighted by molar-refractivity contribution is -0.160. The normalized spacial score (nSPS) is 15.6. The molecule has 0 aromatic heterocycles. The third-order valence-corrected chi connectivity index (χ3v) is 6.38. The van der Waals surface area contributed by atoms with E-state index in [1.807, 2.05) is 6.07 Å². The number of ether oxygens (including phenoxy) is 1. The summed E-state index contributed by atoms with van der Waals surface area (Å²) in [4.78, 5) is 26.8. The van der Waals surface area contributed by atoms with E-state index in [0.717, 1.165) is 12.8 Å². The van der Waals surface area contributed by atoms with E-state index in [4.69, 9.17) is 27.9 Å². The third kappa shape index (κ3) is 5.21. The van der Waals surface area contributed by atoms with Gasteiger partial charge in [-0.3, -0.25) is 9.59 Å². The third-order valence-electron chi connectivity index (χ3n) is 5.94. The Labute approximate surface area is 201 Å². The number of carbonyl (C=O) groups is 2. The molecule has 4 rings (SSSR count). The van der Waals surface area contributed by atoms with Crippen molar-refractivity contribution >= 4 is 40.8 Å². The molecule has 170 valence electrons. The van der Waals surface area contributed by atoms with E-state index >= 15 is 0 Å². The summed E-state index contributed by atoms with van der Waals surface area (Å²) in [5.74, 6) is -1.40. The van der Waals surface area contributed by atoms with E-state index in [1.165, 1.54) is 12.1 Å². The van der Waals surface area contributed by atoms with Crippen LogP contribution in [0.3, 0.4) is 0 Å². The Kier molecular flexibility index (Phi) is 7.01. The van der Waals surface area contributed by atoms with Crippen LogP contribution in [-0.2, 0) is 19.7 Å². The zero-order valence-electron chi connectivity index (χ0n) is 17.7. The first-order valence-electron chi connectivity index (χ1n) is 10.7. The van der Waals surface area contributed by atoms with Crippen molar-refractivity contribution in [2.75, 3.05) is 5.32 Å². The number of esters is 1. The van der Waals surface area contributed by atoms with Crippen LogP contribution in [0, 0.1) is 5.82 Å².